The minimum absolute atomic E-state index is 0.0469. The van der Waals surface area contributed by atoms with Gasteiger partial charge < -0.3 is 14.2 Å². The third-order valence-electron chi connectivity index (χ3n) is 4.16. The van der Waals surface area contributed by atoms with Crippen LogP contribution in [0.25, 0.3) is 22.9 Å². The predicted molar refractivity (Wildman–Crippen MR) is 121 cm³/mol. The second-order valence-corrected chi connectivity index (χ2v) is 7.60. The van der Waals surface area contributed by atoms with Crippen LogP contribution in [0.5, 0.6) is 17.2 Å². The van der Waals surface area contributed by atoms with Gasteiger partial charge in [0.25, 0.3) is 0 Å². The number of nitrogens with zero attached hydrogens (tertiary/aromatic N) is 2. The zero-order valence-electron chi connectivity index (χ0n) is 17.5. The van der Waals surface area contributed by atoms with Crippen molar-refractivity contribution in [1.29, 1.82) is 5.26 Å². The lowest BCUT2D eigenvalue weighted by molar-refractivity contribution is 0.224. The fraction of sp³-hybridized carbons (Fsp3) is 0.250. The molecule has 0 saturated carbocycles. The van der Waals surface area contributed by atoms with E-state index in [9.17, 15) is 5.26 Å². The summed E-state index contributed by atoms with van der Waals surface area (Å²) in [6.07, 6.45) is 1.86. The van der Waals surface area contributed by atoms with Gasteiger partial charge in [-0.25, -0.2) is 4.98 Å². The first kappa shape index (κ1) is 21.4. The summed E-state index contributed by atoms with van der Waals surface area (Å²) in [5.41, 5.74) is 3.10. The zero-order chi connectivity index (χ0) is 21.5. The largest absolute Gasteiger partial charge is 0.497 e. The standard InChI is InChI=1S/C24H24N2O3S/c1-5-28-23-12-17(9-10-22(23)29-16(2)3)11-19(14-25)24-26-21(15-30-24)18-7-6-8-20(13-18)27-4/h6-13,15-16H,5H2,1-4H3/b19-11+. The van der Waals surface area contributed by atoms with Gasteiger partial charge in [-0.3, -0.25) is 0 Å². The van der Waals surface area contributed by atoms with Gasteiger partial charge in [-0.1, -0.05) is 18.2 Å². The molecule has 0 radical (unpaired) electrons. The van der Waals surface area contributed by atoms with Crippen molar-refractivity contribution in [3.63, 3.8) is 0 Å². The maximum atomic E-state index is 9.72. The minimum Gasteiger partial charge on any atom is -0.497 e. The van der Waals surface area contributed by atoms with Crippen LogP contribution in [0.2, 0.25) is 0 Å². The van der Waals surface area contributed by atoms with E-state index in [1.807, 2.05) is 74.7 Å². The van der Waals surface area contributed by atoms with Gasteiger partial charge >= 0.3 is 0 Å². The highest BCUT2D eigenvalue weighted by molar-refractivity contribution is 7.11. The normalized spacial score (nSPS) is 11.3. The van der Waals surface area contributed by atoms with Gasteiger partial charge in [-0.2, -0.15) is 5.26 Å². The summed E-state index contributed by atoms with van der Waals surface area (Å²) in [7, 11) is 1.64. The van der Waals surface area contributed by atoms with E-state index in [1.165, 1.54) is 11.3 Å². The van der Waals surface area contributed by atoms with Gasteiger partial charge in [0, 0.05) is 10.9 Å². The summed E-state index contributed by atoms with van der Waals surface area (Å²) in [5, 5.41) is 12.3. The fourth-order valence-electron chi connectivity index (χ4n) is 2.85. The van der Waals surface area contributed by atoms with Crippen molar-refractivity contribution >= 4 is 23.0 Å². The Hall–Kier alpha value is -3.30. The zero-order valence-corrected chi connectivity index (χ0v) is 18.3. The summed E-state index contributed by atoms with van der Waals surface area (Å²) < 4.78 is 16.8. The van der Waals surface area contributed by atoms with E-state index in [1.54, 1.807) is 7.11 Å². The number of methoxy groups -OCH3 is 1. The number of ether oxygens (including phenoxy) is 3. The molecule has 6 heteroatoms. The molecular formula is C24H24N2O3S. The number of benzene rings is 2. The second-order valence-electron chi connectivity index (χ2n) is 6.75. The molecule has 0 unspecified atom stereocenters. The van der Waals surface area contributed by atoms with Crippen molar-refractivity contribution in [2.45, 2.75) is 26.9 Å². The molecule has 0 aliphatic rings. The Labute approximate surface area is 181 Å². The summed E-state index contributed by atoms with van der Waals surface area (Å²) in [6.45, 7) is 6.40. The van der Waals surface area contributed by atoms with Crippen LogP contribution in [0.1, 0.15) is 31.3 Å². The molecule has 0 aliphatic heterocycles. The smallest absolute Gasteiger partial charge is 0.161 e. The van der Waals surface area contributed by atoms with Crippen molar-refractivity contribution in [1.82, 2.24) is 4.98 Å². The molecule has 2 aromatic carbocycles. The average Bonchev–Trinajstić information content (AvgIpc) is 3.24. The Morgan fingerprint density at radius 1 is 1.20 bits per heavy atom. The van der Waals surface area contributed by atoms with Gasteiger partial charge in [0.05, 0.1) is 31.1 Å². The van der Waals surface area contributed by atoms with Crippen LogP contribution in [-0.2, 0) is 0 Å². The third kappa shape index (κ3) is 5.19. The molecule has 0 saturated heterocycles. The van der Waals surface area contributed by atoms with Crippen LogP contribution < -0.4 is 14.2 Å². The molecule has 0 amide bonds. The Kier molecular flexibility index (Phi) is 7.10. The molecule has 0 spiro atoms. The summed E-state index contributed by atoms with van der Waals surface area (Å²) in [4.78, 5) is 4.66. The van der Waals surface area contributed by atoms with Crippen molar-refractivity contribution in [2.24, 2.45) is 0 Å². The first-order valence-corrected chi connectivity index (χ1v) is 10.6. The van der Waals surface area contributed by atoms with E-state index in [0.29, 0.717) is 28.7 Å². The Balaban J connectivity index is 1.91. The summed E-state index contributed by atoms with van der Waals surface area (Å²) in [5.74, 6) is 2.12. The number of hydrogen-bond donors (Lipinski definition) is 0. The number of allylic oxidation sites excluding steroid dienone is 1. The van der Waals surface area contributed by atoms with Crippen molar-refractivity contribution in [3.05, 3.63) is 58.4 Å². The van der Waals surface area contributed by atoms with Gasteiger partial charge in [0.2, 0.25) is 0 Å². The lowest BCUT2D eigenvalue weighted by Gasteiger charge is -2.15. The average molecular weight is 421 g/mol. The van der Waals surface area contributed by atoms with Crippen LogP contribution in [0.15, 0.2) is 47.8 Å². The molecule has 3 aromatic rings. The lowest BCUT2D eigenvalue weighted by atomic mass is 10.1. The lowest BCUT2D eigenvalue weighted by Crippen LogP contribution is -2.07. The number of aromatic nitrogens is 1. The fourth-order valence-corrected chi connectivity index (χ4v) is 3.65. The first-order chi connectivity index (χ1) is 14.5. The van der Waals surface area contributed by atoms with Crippen molar-refractivity contribution < 1.29 is 14.2 Å². The molecule has 1 aromatic heterocycles. The number of thiazole rings is 1. The molecule has 30 heavy (non-hydrogen) atoms. The number of rotatable bonds is 8. The quantitative estimate of drug-likeness (QED) is 0.414. The van der Waals surface area contributed by atoms with E-state index < -0.39 is 0 Å². The molecule has 154 valence electrons. The molecule has 0 aliphatic carbocycles. The highest BCUT2D eigenvalue weighted by atomic mass is 32.1. The molecule has 3 rings (SSSR count). The molecule has 0 N–H and O–H groups in total. The van der Waals surface area contributed by atoms with E-state index in [0.717, 1.165) is 22.6 Å². The Bertz CT molecular complexity index is 1080. The molecule has 5 nitrogen and oxygen atoms in total. The van der Waals surface area contributed by atoms with Gasteiger partial charge in [0.1, 0.15) is 16.8 Å². The number of nitriles is 1. The Morgan fingerprint density at radius 2 is 2.03 bits per heavy atom. The summed E-state index contributed by atoms with van der Waals surface area (Å²) >= 11 is 1.44. The van der Waals surface area contributed by atoms with Gasteiger partial charge in [-0.15, -0.1) is 11.3 Å². The SMILES string of the molecule is CCOc1cc(/C=C(\C#N)c2nc(-c3cccc(OC)c3)cs2)ccc1OC(C)C. The van der Waals surface area contributed by atoms with Gasteiger partial charge in [-0.05, 0) is 56.7 Å². The molecular weight excluding hydrogens is 396 g/mol. The molecule has 1 heterocycles. The maximum absolute atomic E-state index is 9.72. The van der Waals surface area contributed by atoms with E-state index in [4.69, 9.17) is 14.2 Å². The highest BCUT2D eigenvalue weighted by Crippen LogP contribution is 2.32. The maximum Gasteiger partial charge on any atom is 0.161 e. The molecule has 0 atom stereocenters. The second kappa shape index (κ2) is 9.95. The van der Waals surface area contributed by atoms with Crippen LogP contribution in [-0.4, -0.2) is 24.8 Å². The first-order valence-electron chi connectivity index (χ1n) is 9.69. The summed E-state index contributed by atoms with van der Waals surface area (Å²) in [6, 6.07) is 15.6. The monoisotopic (exact) mass is 420 g/mol. The molecule has 0 bridgehead atoms. The minimum atomic E-state index is 0.0469. The van der Waals surface area contributed by atoms with Crippen molar-refractivity contribution in [3.8, 4) is 34.6 Å². The van der Waals surface area contributed by atoms with E-state index in [-0.39, 0.29) is 6.10 Å². The van der Waals surface area contributed by atoms with Crippen LogP contribution in [0.4, 0.5) is 0 Å². The van der Waals surface area contributed by atoms with Crippen molar-refractivity contribution in [2.75, 3.05) is 13.7 Å². The van der Waals surface area contributed by atoms with Crippen LogP contribution in [0, 0.1) is 11.3 Å². The molecule has 0 fully saturated rings. The third-order valence-corrected chi connectivity index (χ3v) is 5.04. The van der Waals surface area contributed by atoms with E-state index in [2.05, 4.69) is 11.1 Å². The van der Waals surface area contributed by atoms with Crippen LogP contribution >= 0.6 is 11.3 Å². The van der Waals surface area contributed by atoms with Crippen LogP contribution in [0.3, 0.4) is 0 Å². The van der Waals surface area contributed by atoms with E-state index >= 15 is 0 Å². The Morgan fingerprint density at radius 3 is 2.73 bits per heavy atom. The highest BCUT2D eigenvalue weighted by Gasteiger charge is 2.12. The van der Waals surface area contributed by atoms with Gasteiger partial charge in [0.15, 0.2) is 11.5 Å². The number of hydrogen-bond acceptors (Lipinski definition) is 6. The predicted octanol–water partition coefficient (Wildman–Crippen LogP) is 6.07. The topological polar surface area (TPSA) is 64.4 Å².